The number of amides is 1. The molecule has 0 fully saturated rings. The molecule has 1 amide bonds. The molecule has 0 saturated heterocycles. The van der Waals surface area contributed by atoms with Crippen molar-refractivity contribution in [2.24, 2.45) is 0 Å². The average Bonchev–Trinajstić information content (AvgIpc) is 2.86. The topological polar surface area (TPSA) is 92.7 Å². The van der Waals surface area contributed by atoms with E-state index in [4.69, 9.17) is 4.74 Å². The second kappa shape index (κ2) is 7.83. The Morgan fingerprint density at radius 1 is 0.967 bits per heavy atom. The van der Waals surface area contributed by atoms with Gasteiger partial charge >= 0.3 is 5.97 Å². The molecule has 3 aromatic carbocycles. The number of anilines is 1. The van der Waals surface area contributed by atoms with Crippen molar-refractivity contribution < 1.29 is 24.2 Å². The number of carbonyl (C=O) groups is 3. The van der Waals surface area contributed by atoms with E-state index in [1.807, 2.05) is 12.1 Å². The number of carbonyl (C=O) groups excluding carboxylic acids is 2. The van der Waals surface area contributed by atoms with Gasteiger partial charge in [-0.2, -0.15) is 0 Å². The van der Waals surface area contributed by atoms with Crippen molar-refractivity contribution in [3.63, 3.8) is 0 Å². The van der Waals surface area contributed by atoms with Gasteiger partial charge in [-0.25, -0.2) is 0 Å². The van der Waals surface area contributed by atoms with Crippen molar-refractivity contribution in [3.8, 4) is 5.75 Å². The first-order chi connectivity index (χ1) is 14.5. The van der Waals surface area contributed by atoms with E-state index in [1.165, 1.54) is 6.92 Å². The molecular formula is C24H19NO5. The molecule has 6 nitrogen and oxygen atoms in total. The zero-order chi connectivity index (χ0) is 21.3. The minimum absolute atomic E-state index is 0.169. The number of fused-ring (bicyclic) bond motifs is 2. The van der Waals surface area contributed by atoms with Gasteiger partial charge in [0.2, 0.25) is 5.91 Å². The molecule has 1 aliphatic rings. The van der Waals surface area contributed by atoms with Gasteiger partial charge in [0.05, 0.1) is 11.3 Å². The zero-order valence-electron chi connectivity index (χ0n) is 16.2. The Hall–Kier alpha value is -3.93. The monoisotopic (exact) mass is 401 g/mol. The predicted octanol–water partition coefficient (Wildman–Crippen LogP) is 3.98. The van der Waals surface area contributed by atoms with Gasteiger partial charge in [-0.05, 0) is 23.3 Å². The van der Waals surface area contributed by atoms with E-state index in [-0.39, 0.29) is 35.3 Å². The molecule has 1 aliphatic heterocycles. The molecule has 0 saturated carbocycles. The first-order valence-electron chi connectivity index (χ1n) is 9.44. The van der Waals surface area contributed by atoms with Crippen molar-refractivity contribution >= 4 is 23.3 Å². The Morgan fingerprint density at radius 2 is 1.67 bits per heavy atom. The number of benzene rings is 3. The van der Waals surface area contributed by atoms with E-state index in [0.29, 0.717) is 16.7 Å². The summed E-state index contributed by atoms with van der Waals surface area (Å²) in [5.41, 5.74) is 2.68. The molecular weight excluding hydrogens is 382 g/mol. The highest BCUT2D eigenvalue weighted by Gasteiger charge is 2.29. The number of rotatable bonds is 4. The average molecular weight is 401 g/mol. The van der Waals surface area contributed by atoms with Crippen molar-refractivity contribution in [3.05, 3.63) is 94.5 Å². The molecule has 0 radical (unpaired) electrons. The second-order valence-corrected chi connectivity index (χ2v) is 7.08. The van der Waals surface area contributed by atoms with Gasteiger partial charge in [0, 0.05) is 18.1 Å². The molecule has 1 unspecified atom stereocenters. The molecule has 30 heavy (non-hydrogen) atoms. The summed E-state index contributed by atoms with van der Waals surface area (Å²) in [5, 5.41) is 12.6. The molecule has 150 valence electrons. The van der Waals surface area contributed by atoms with Crippen LogP contribution in [-0.4, -0.2) is 22.8 Å². The molecule has 0 aromatic heterocycles. The Labute approximate surface area is 173 Å². The van der Waals surface area contributed by atoms with Gasteiger partial charge < -0.3 is 15.2 Å². The Balaban J connectivity index is 1.93. The lowest BCUT2D eigenvalue weighted by Crippen LogP contribution is -2.16. The molecule has 6 heteroatoms. The fraction of sp³-hybridized carbons (Fsp3) is 0.125. The van der Waals surface area contributed by atoms with Gasteiger partial charge in [0.15, 0.2) is 11.5 Å². The third-order valence-corrected chi connectivity index (χ3v) is 5.01. The molecule has 0 spiro atoms. The van der Waals surface area contributed by atoms with Gasteiger partial charge in [-0.3, -0.25) is 14.4 Å². The van der Waals surface area contributed by atoms with Crippen molar-refractivity contribution in [1.82, 2.24) is 0 Å². The van der Waals surface area contributed by atoms with Gasteiger partial charge in [0.1, 0.15) is 12.5 Å². The Bertz CT molecular complexity index is 1150. The van der Waals surface area contributed by atoms with Crippen LogP contribution in [0.2, 0.25) is 0 Å². The maximum Gasteiger partial charge on any atom is 0.315 e. The molecule has 1 heterocycles. The van der Waals surface area contributed by atoms with Crippen LogP contribution in [0, 0.1) is 0 Å². The van der Waals surface area contributed by atoms with Crippen LogP contribution in [0.15, 0.2) is 66.7 Å². The van der Waals surface area contributed by atoms with Crippen molar-refractivity contribution in [2.75, 3.05) is 5.32 Å². The Kier molecular flexibility index (Phi) is 5.06. The number of hydrogen-bond donors (Lipinski definition) is 2. The summed E-state index contributed by atoms with van der Waals surface area (Å²) in [4.78, 5) is 37.3. The number of hydrogen-bond acceptors (Lipinski definition) is 4. The van der Waals surface area contributed by atoms with Crippen LogP contribution in [0.5, 0.6) is 5.75 Å². The fourth-order valence-corrected chi connectivity index (χ4v) is 3.71. The largest absolute Gasteiger partial charge is 0.486 e. The SMILES string of the molecule is CC(=O)Nc1cc(C(C(=O)O)c2ccccc2)cc2c1OCc1ccccc1C2=O. The molecule has 0 aliphatic carbocycles. The van der Waals surface area contributed by atoms with E-state index in [1.54, 1.807) is 54.6 Å². The second-order valence-electron chi connectivity index (χ2n) is 7.08. The number of ether oxygens (including phenoxy) is 1. The third kappa shape index (κ3) is 3.55. The number of nitrogens with one attached hydrogen (secondary N) is 1. The molecule has 1 atom stereocenters. The van der Waals surface area contributed by atoms with E-state index in [2.05, 4.69) is 5.32 Å². The smallest absolute Gasteiger partial charge is 0.315 e. The van der Waals surface area contributed by atoms with E-state index in [9.17, 15) is 19.5 Å². The van der Waals surface area contributed by atoms with Crippen LogP contribution in [0.1, 0.15) is 45.5 Å². The summed E-state index contributed by atoms with van der Waals surface area (Å²) >= 11 is 0. The number of ketones is 1. The first-order valence-corrected chi connectivity index (χ1v) is 9.44. The van der Waals surface area contributed by atoms with Crippen LogP contribution in [0.25, 0.3) is 0 Å². The zero-order valence-corrected chi connectivity index (χ0v) is 16.2. The lowest BCUT2D eigenvalue weighted by molar-refractivity contribution is -0.137. The maximum atomic E-state index is 13.3. The Morgan fingerprint density at radius 3 is 2.37 bits per heavy atom. The van der Waals surface area contributed by atoms with E-state index in [0.717, 1.165) is 5.56 Å². The number of aliphatic carboxylic acids is 1. The molecule has 4 rings (SSSR count). The first kappa shape index (κ1) is 19.4. The standard InChI is InChI=1S/C24H19NO5/c1-14(26)25-20-12-17(21(24(28)29)15-7-3-2-4-8-15)11-19-22(27)18-10-6-5-9-16(18)13-30-23(19)20/h2-12,21H,13H2,1H3,(H,25,26)(H,28,29). The normalized spacial score (nSPS) is 13.3. The summed E-state index contributed by atoms with van der Waals surface area (Å²) in [5.74, 6) is -2.44. The van der Waals surface area contributed by atoms with Gasteiger partial charge in [-0.1, -0.05) is 54.6 Å². The van der Waals surface area contributed by atoms with E-state index < -0.39 is 11.9 Å². The highest BCUT2D eigenvalue weighted by atomic mass is 16.5. The third-order valence-electron chi connectivity index (χ3n) is 5.01. The lowest BCUT2D eigenvalue weighted by Gasteiger charge is -2.19. The number of carboxylic acid groups (broad SMARTS) is 1. The minimum Gasteiger partial charge on any atom is -0.486 e. The summed E-state index contributed by atoms with van der Waals surface area (Å²) in [6.45, 7) is 1.51. The van der Waals surface area contributed by atoms with Crippen LogP contribution >= 0.6 is 0 Å². The summed E-state index contributed by atoms with van der Waals surface area (Å²) in [7, 11) is 0. The highest BCUT2D eigenvalue weighted by molar-refractivity contribution is 6.13. The fourth-order valence-electron chi connectivity index (χ4n) is 3.71. The van der Waals surface area contributed by atoms with Crippen LogP contribution in [0.4, 0.5) is 5.69 Å². The molecule has 2 N–H and O–H groups in total. The summed E-state index contributed by atoms with van der Waals surface area (Å²) in [6, 6.07) is 19.0. The van der Waals surface area contributed by atoms with Crippen LogP contribution < -0.4 is 10.1 Å². The number of carboxylic acids is 1. The van der Waals surface area contributed by atoms with Gasteiger partial charge in [-0.15, -0.1) is 0 Å². The van der Waals surface area contributed by atoms with Crippen molar-refractivity contribution in [2.45, 2.75) is 19.4 Å². The van der Waals surface area contributed by atoms with Crippen LogP contribution in [0.3, 0.4) is 0 Å². The van der Waals surface area contributed by atoms with Crippen molar-refractivity contribution in [1.29, 1.82) is 0 Å². The predicted molar refractivity (Wildman–Crippen MR) is 111 cm³/mol. The highest BCUT2D eigenvalue weighted by Crippen LogP contribution is 2.39. The minimum atomic E-state index is -1.06. The van der Waals surface area contributed by atoms with Crippen LogP contribution in [-0.2, 0) is 16.2 Å². The van der Waals surface area contributed by atoms with Gasteiger partial charge in [0.25, 0.3) is 0 Å². The van der Waals surface area contributed by atoms with E-state index >= 15 is 0 Å². The summed E-state index contributed by atoms with van der Waals surface area (Å²) < 4.78 is 5.90. The lowest BCUT2D eigenvalue weighted by atomic mass is 9.88. The molecule has 0 bridgehead atoms. The molecule has 3 aromatic rings. The summed E-state index contributed by atoms with van der Waals surface area (Å²) in [6.07, 6.45) is 0. The quantitative estimate of drug-likeness (QED) is 0.690. The maximum absolute atomic E-state index is 13.3.